The van der Waals surface area contributed by atoms with Crippen LogP contribution < -0.4 is 15.4 Å². The summed E-state index contributed by atoms with van der Waals surface area (Å²) in [6, 6.07) is 14.7. The minimum Gasteiger partial charge on any atom is -0.481 e. The van der Waals surface area contributed by atoms with Gasteiger partial charge in [0.05, 0.1) is 11.3 Å². The van der Waals surface area contributed by atoms with Gasteiger partial charge in [-0.1, -0.05) is 38.1 Å². The third kappa shape index (κ3) is 6.91. The zero-order chi connectivity index (χ0) is 21.1. The summed E-state index contributed by atoms with van der Waals surface area (Å²) in [5.41, 5.74) is 2.09. The van der Waals surface area contributed by atoms with Crippen molar-refractivity contribution in [1.29, 1.82) is 0 Å². The number of anilines is 1. The Morgan fingerprint density at radius 2 is 1.76 bits per heavy atom. The van der Waals surface area contributed by atoms with Crippen LogP contribution in [0.3, 0.4) is 0 Å². The zero-order valence-electron chi connectivity index (χ0n) is 17.4. The van der Waals surface area contributed by atoms with Crippen LogP contribution in [-0.4, -0.2) is 38.2 Å². The van der Waals surface area contributed by atoms with Gasteiger partial charge in [0.15, 0.2) is 6.10 Å². The smallest absolute Gasteiger partial charge is 0.265 e. The van der Waals surface area contributed by atoms with Gasteiger partial charge >= 0.3 is 0 Å². The van der Waals surface area contributed by atoms with Crippen LogP contribution in [0.1, 0.15) is 42.6 Å². The van der Waals surface area contributed by atoms with Gasteiger partial charge in [0.1, 0.15) is 5.75 Å². The molecule has 2 N–H and O–H groups in total. The fourth-order valence-electron chi connectivity index (χ4n) is 2.81. The number of ether oxygens (including phenoxy) is 2. The van der Waals surface area contributed by atoms with Crippen molar-refractivity contribution < 1.29 is 19.1 Å². The molecule has 1 unspecified atom stereocenters. The maximum Gasteiger partial charge on any atom is 0.265 e. The molecule has 2 aromatic rings. The summed E-state index contributed by atoms with van der Waals surface area (Å²) in [7, 11) is 1.62. The van der Waals surface area contributed by atoms with Crippen LogP contribution in [0.15, 0.2) is 48.5 Å². The summed E-state index contributed by atoms with van der Waals surface area (Å²) in [5.74, 6) is 0.126. The minimum atomic E-state index is -0.653. The summed E-state index contributed by atoms with van der Waals surface area (Å²) in [5, 5.41) is 5.68. The number of hydrogen-bond acceptors (Lipinski definition) is 4. The van der Waals surface area contributed by atoms with E-state index in [1.54, 1.807) is 31.4 Å². The maximum absolute atomic E-state index is 12.8. The standard InChI is InChI=1S/C23H30N2O4/c1-4-17-11-13-18(14-12-17)29-21(5-2)23(27)25-20-10-7-6-9-19(20)22(26)24-15-8-16-28-3/h6-7,9-14,21H,4-5,8,15-16H2,1-3H3,(H,24,26)(H,25,27). The first-order valence-corrected chi connectivity index (χ1v) is 10.0. The van der Waals surface area contributed by atoms with Crippen molar-refractivity contribution in [3.05, 3.63) is 59.7 Å². The van der Waals surface area contributed by atoms with Crippen molar-refractivity contribution in [3.63, 3.8) is 0 Å². The highest BCUT2D eigenvalue weighted by atomic mass is 16.5. The number of amides is 2. The Balaban J connectivity index is 2.03. The molecule has 29 heavy (non-hydrogen) atoms. The lowest BCUT2D eigenvalue weighted by Gasteiger charge is -2.18. The van der Waals surface area contributed by atoms with Crippen molar-refractivity contribution in [1.82, 2.24) is 5.32 Å². The number of carbonyl (C=O) groups excluding carboxylic acids is 2. The molecular formula is C23H30N2O4. The molecule has 0 spiro atoms. The Morgan fingerprint density at radius 1 is 1.03 bits per heavy atom. The lowest BCUT2D eigenvalue weighted by molar-refractivity contribution is -0.122. The van der Waals surface area contributed by atoms with E-state index in [2.05, 4.69) is 17.6 Å². The molecule has 0 aliphatic rings. The molecule has 0 aromatic heterocycles. The van der Waals surface area contributed by atoms with Gasteiger partial charge in [-0.25, -0.2) is 0 Å². The lowest BCUT2D eigenvalue weighted by atomic mass is 10.1. The number of para-hydroxylation sites is 1. The number of aryl methyl sites for hydroxylation is 1. The number of carbonyl (C=O) groups is 2. The van der Waals surface area contributed by atoms with Crippen molar-refractivity contribution >= 4 is 17.5 Å². The number of benzene rings is 2. The molecule has 0 aliphatic heterocycles. The Kier molecular flexibility index (Phi) is 9.18. The second-order valence-electron chi connectivity index (χ2n) is 6.65. The average molecular weight is 399 g/mol. The van der Waals surface area contributed by atoms with Crippen molar-refractivity contribution in [3.8, 4) is 5.75 Å². The Labute approximate surface area is 172 Å². The van der Waals surface area contributed by atoms with Crippen LogP contribution in [0.5, 0.6) is 5.75 Å². The van der Waals surface area contributed by atoms with E-state index in [0.29, 0.717) is 36.6 Å². The quantitative estimate of drug-likeness (QED) is 0.564. The lowest BCUT2D eigenvalue weighted by Crippen LogP contribution is -2.33. The highest BCUT2D eigenvalue weighted by Crippen LogP contribution is 2.19. The van der Waals surface area contributed by atoms with E-state index in [0.717, 1.165) is 12.8 Å². The van der Waals surface area contributed by atoms with E-state index in [1.807, 2.05) is 31.2 Å². The van der Waals surface area contributed by atoms with Crippen LogP contribution in [0, 0.1) is 0 Å². The summed E-state index contributed by atoms with van der Waals surface area (Å²) in [4.78, 5) is 25.2. The van der Waals surface area contributed by atoms with E-state index in [4.69, 9.17) is 9.47 Å². The van der Waals surface area contributed by atoms with E-state index < -0.39 is 6.10 Å². The monoisotopic (exact) mass is 398 g/mol. The Bertz CT molecular complexity index is 790. The van der Waals surface area contributed by atoms with Crippen LogP contribution in [0.25, 0.3) is 0 Å². The molecular weight excluding hydrogens is 368 g/mol. The highest BCUT2D eigenvalue weighted by Gasteiger charge is 2.21. The van der Waals surface area contributed by atoms with Gasteiger partial charge in [-0.3, -0.25) is 9.59 Å². The summed E-state index contributed by atoms with van der Waals surface area (Å²) < 4.78 is 10.8. The first-order chi connectivity index (χ1) is 14.1. The third-order valence-corrected chi connectivity index (χ3v) is 4.51. The molecule has 2 aromatic carbocycles. The van der Waals surface area contributed by atoms with Crippen LogP contribution in [0.2, 0.25) is 0 Å². The van der Waals surface area contributed by atoms with Gasteiger partial charge < -0.3 is 20.1 Å². The number of methoxy groups -OCH3 is 1. The molecule has 0 radical (unpaired) electrons. The van der Waals surface area contributed by atoms with E-state index in [9.17, 15) is 9.59 Å². The molecule has 1 atom stereocenters. The predicted molar refractivity (Wildman–Crippen MR) is 114 cm³/mol. The van der Waals surface area contributed by atoms with Crippen molar-refractivity contribution in [2.24, 2.45) is 0 Å². The summed E-state index contributed by atoms with van der Waals surface area (Å²) in [6.45, 7) is 5.05. The molecule has 0 aliphatic carbocycles. The molecule has 0 heterocycles. The first-order valence-electron chi connectivity index (χ1n) is 10.0. The van der Waals surface area contributed by atoms with Crippen LogP contribution >= 0.6 is 0 Å². The highest BCUT2D eigenvalue weighted by molar-refractivity contribution is 6.04. The third-order valence-electron chi connectivity index (χ3n) is 4.51. The van der Waals surface area contributed by atoms with Gasteiger partial charge in [0, 0.05) is 20.3 Å². The fourth-order valence-corrected chi connectivity index (χ4v) is 2.81. The SMILES string of the molecule is CCc1ccc(OC(CC)C(=O)Nc2ccccc2C(=O)NCCCOC)cc1. The van der Waals surface area contributed by atoms with Gasteiger partial charge in [0.2, 0.25) is 0 Å². The first kappa shape index (κ1) is 22.4. The van der Waals surface area contributed by atoms with Gasteiger partial charge in [0.25, 0.3) is 11.8 Å². The largest absolute Gasteiger partial charge is 0.481 e. The summed E-state index contributed by atoms with van der Waals surface area (Å²) >= 11 is 0. The van der Waals surface area contributed by atoms with E-state index in [1.165, 1.54) is 5.56 Å². The zero-order valence-corrected chi connectivity index (χ0v) is 17.4. The normalized spacial score (nSPS) is 11.6. The Hall–Kier alpha value is -2.86. The van der Waals surface area contributed by atoms with Crippen LogP contribution in [0.4, 0.5) is 5.69 Å². The number of nitrogens with one attached hydrogen (secondary N) is 2. The molecule has 6 heteroatoms. The molecule has 0 saturated carbocycles. The maximum atomic E-state index is 12.8. The molecule has 0 bridgehead atoms. The second-order valence-corrected chi connectivity index (χ2v) is 6.65. The van der Waals surface area contributed by atoms with Gasteiger partial charge in [-0.05, 0) is 49.1 Å². The molecule has 6 nitrogen and oxygen atoms in total. The second kappa shape index (κ2) is 11.9. The molecule has 0 fully saturated rings. The van der Waals surface area contributed by atoms with Crippen LogP contribution in [-0.2, 0) is 16.0 Å². The summed E-state index contributed by atoms with van der Waals surface area (Å²) in [6.07, 6.45) is 1.52. The molecule has 2 amide bonds. The van der Waals surface area contributed by atoms with Crippen molar-refractivity contribution in [2.75, 3.05) is 25.6 Å². The molecule has 2 rings (SSSR count). The topological polar surface area (TPSA) is 76.7 Å². The average Bonchev–Trinajstić information content (AvgIpc) is 2.75. The Morgan fingerprint density at radius 3 is 2.41 bits per heavy atom. The number of rotatable bonds is 11. The predicted octanol–water partition coefficient (Wildman–Crippen LogP) is 3.81. The minimum absolute atomic E-state index is 0.235. The van der Waals surface area contributed by atoms with Crippen molar-refractivity contribution in [2.45, 2.75) is 39.2 Å². The molecule has 156 valence electrons. The van der Waals surface area contributed by atoms with Gasteiger partial charge in [-0.2, -0.15) is 0 Å². The molecule has 0 saturated heterocycles. The fraction of sp³-hybridized carbons (Fsp3) is 0.391. The van der Waals surface area contributed by atoms with E-state index in [-0.39, 0.29) is 11.8 Å². The van der Waals surface area contributed by atoms with E-state index >= 15 is 0 Å². The van der Waals surface area contributed by atoms with Gasteiger partial charge in [-0.15, -0.1) is 0 Å². The number of hydrogen-bond donors (Lipinski definition) is 2.